The highest BCUT2D eigenvalue weighted by Crippen LogP contribution is 2.27. The lowest BCUT2D eigenvalue weighted by molar-refractivity contribution is -0.115. The van der Waals surface area contributed by atoms with Crippen molar-refractivity contribution >= 4 is 11.6 Å². The minimum atomic E-state index is 0.0728. The Balaban J connectivity index is 2.12. The van der Waals surface area contributed by atoms with E-state index in [0.717, 1.165) is 18.8 Å². The minimum Gasteiger partial charge on any atom is -0.326 e. The molecule has 3 heteroatoms. The maximum absolute atomic E-state index is 11.3. The standard InChI is InChI=1S/C14H20N2O/c1-4-14(17)15-13-6-5-11-8-16(10(2)3)9-12(11)7-13/h5-7,10H,4,8-9H2,1-3H3,(H,15,17). The van der Waals surface area contributed by atoms with Gasteiger partial charge in [0, 0.05) is 31.2 Å². The van der Waals surface area contributed by atoms with Crippen molar-refractivity contribution in [3.63, 3.8) is 0 Å². The lowest BCUT2D eigenvalue weighted by atomic mass is 10.1. The van der Waals surface area contributed by atoms with Gasteiger partial charge in [0.2, 0.25) is 5.91 Å². The highest BCUT2D eigenvalue weighted by Gasteiger charge is 2.21. The third kappa shape index (κ3) is 2.67. The second-order valence-corrected chi connectivity index (χ2v) is 4.88. The summed E-state index contributed by atoms with van der Waals surface area (Å²) in [6.07, 6.45) is 0.523. The Morgan fingerprint density at radius 1 is 1.35 bits per heavy atom. The summed E-state index contributed by atoms with van der Waals surface area (Å²) in [5.74, 6) is 0.0728. The number of carbonyl (C=O) groups excluding carboxylic acids is 1. The van der Waals surface area contributed by atoms with Gasteiger partial charge in [0.15, 0.2) is 0 Å². The number of hydrogen-bond donors (Lipinski definition) is 1. The Kier molecular flexibility index (Phi) is 3.48. The molecule has 0 unspecified atom stereocenters. The number of nitrogens with zero attached hydrogens (tertiary/aromatic N) is 1. The second-order valence-electron chi connectivity index (χ2n) is 4.88. The van der Waals surface area contributed by atoms with E-state index in [2.05, 4.69) is 36.2 Å². The average Bonchev–Trinajstić information content (AvgIpc) is 2.72. The number of carbonyl (C=O) groups is 1. The molecule has 1 aromatic rings. The molecular formula is C14H20N2O. The SMILES string of the molecule is CCC(=O)Nc1ccc2c(c1)CN(C(C)C)C2. The van der Waals surface area contributed by atoms with Crippen LogP contribution in [-0.4, -0.2) is 16.8 Å². The van der Waals surface area contributed by atoms with Crippen molar-refractivity contribution in [2.75, 3.05) is 5.32 Å². The van der Waals surface area contributed by atoms with E-state index in [0.29, 0.717) is 12.5 Å². The van der Waals surface area contributed by atoms with Gasteiger partial charge >= 0.3 is 0 Å². The van der Waals surface area contributed by atoms with Crippen molar-refractivity contribution in [1.29, 1.82) is 0 Å². The van der Waals surface area contributed by atoms with Gasteiger partial charge in [-0.1, -0.05) is 13.0 Å². The molecule has 1 N–H and O–H groups in total. The highest BCUT2D eigenvalue weighted by molar-refractivity contribution is 5.90. The zero-order valence-corrected chi connectivity index (χ0v) is 10.8. The van der Waals surface area contributed by atoms with Gasteiger partial charge in [-0.25, -0.2) is 0 Å². The third-order valence-electron chi connectivity index (χ3n) is 3.29. The third-order valence-corrected chi connectivity index (χ3v) is 3.29. The fourth-order valence-corrected chi connectivity index (χ4v) is 2.11. The number of nitrogens with one attached hydrogen (secondary N) is 1. The molecule has 0 aliphatic carbocycles. The van der Waals surface area contributed by atoms with Crippen LogP contribution in [-0.2, 0) is 17.9 Å². The number of anilines is 1. The first kappa shape index (κ1) is 12.1. The Labute approximate surface area is 103 Å². The summed E-state index contributed by atoms with van der Waals surface area (Å²) < 4.78 is 0. The largest absolute Gasteiger partial charge is 0.326 e. The molecule has 17 heavy (non-hydrogen) atoms. The molecule has 92 valence electrons. The normalized spacial score (nSPS) is 15.1. The molecule has 0 spiro atoms. The first-order chi connectivity index (χ1) is 8.10. The molecule has 1 heterocycles. The molecule has 1 amide bonds. The quantitative estimate of drug-likeness (QED) is 0.869. The fourth-order valence-electron chi connectivity index (χ4n) is 2.11. The van der Waals surface area contributed by atoms with E-state index in [1.165, 1.54) is 11.1 Å². The molecule has 0 fully saturated rings. The zero-order valence-electron chi connectivity index (χ0n) is 10.8. The Morgan fingerprint density at radius 2 is 2.06 bits per heavy atom. The maximum Gasteiger partial charge on any atom is 0.224 e. The summed E-state index contributed by atoms with van der Waals surface area (Å²) in [5, 5.41) is 2.91. The van der Waals surface area contributed by atoms with Crippen LogP contribution in [0, 0.1) is 0 Å². The summed E-state index contributed by atoms with van der Waals surface area (Å²) in [5.41, 5.74) is 3.64. The van der Waals surface area contributed by atoms with Gasteiger partial charge in [-0.15, -0.1) is 0 Å². The molecule has 0 radical (unpaired) electrons. The van der Waals surface area contributed by atoms with Crippen LogP contribution >= 0.6 is 0 Å². The van der Waals surface area contributed by atoms with Crippen LogP contribution in [0.4, 0.5) is 5.69 Å². The smallest absolute Gasteiger partial charge is 0.224 e. The van der Waals surface area contributed by atoms with Crippen LogP contribution in [0.1, 0.15) is 38.3 Å². The van der Waals surface area contributed by atoms with Crippen LogP contribution in [0.2, 0.25) is 0 Å². The summed E-state index contributed by atoms with van der Waals surface area (Å²) in [6.45, 7) is 8.30. The predicted molar refractivity (Wildman–Crippen MR) is 69.7 cm³/mol. The molecule has 1 aliphatic heterocycles. The molecule has 1 aliphatic rings. The highest BCUT2D eigenvalue weighted by atomic mass is 16.1. The Hall–Kier alpha value is -1.35. The van der Waals surface area contributed by atoms with Crippen molar-refractivity contribution in [3.05, 3.63) is 29.3 Å². The predicted octanol–water partition coefficient (Wildman–Crippen LogP) is 2.76. The van der Waals surface area contributed by atoms with Crippen molar-refractivity contribution in [2.45, 2.75) is 46.3 Å². The molecule has 0 bridgehead atoms. The summed E-state index contributed by atoms with van der Waals surface area (Å²) in [4.78, 5) is 13.8. The number of fused-ring (bicyclic) bond motifs is 1. The van der Waals surface area contributed by atoms with E-state index in [1.807, 2.05) is 13.0 Å². The fraction of sp³-hybridized carbons (Fsp3) is 0.500. The van der Waals surface area contributed by atoms with E-state index in [4.69, 9.17) is 0 Å². The van der Waals surface area contributed by atoms with Crippen molar-refractivity contribution in [1.82, 2.24) is 4.90 Å². The Morgan fingerprint density at radius 3 is 2.71 bits per heavy atom. The van der Waals surface area contributed by atoms with Crippen molar-refractivity contribution in [3.8, 4) is 0 Å². The molecule has 3 nitrogen and oxygen atoms in total. The monoisotopic (exact) mass is 232 g/mol. The first-order valence-electron chi connectivity index (χ1n) is 6.26. The van der Waals surface area contributed by atoms with Gasteiger partial charge in [0.1, 0.15) is 0 Å². The van der Waals surface area contributed by atoms with E-state index in [1.54, 1.807) is 0 Å². The van der Waals surface area contributed by atoms with Crippen LogP contribution in [0.5, 0.6) is 0 Å². The van der Waals surface area contributed by atoms with Gasteiger partial charge in [-0.05, 0) is 37.1 Å². The molecule has 2 rings (SSSR count). The lowest BCUT2D eigenvalue weighted by Crippen LogP contribution is -2.24. The molecular weight excluding hydrogens is 212 g/mol. The number of hydrogen-bond acceptors (Lipinski definition) is 2. The topological polar surface area (TPSA) is 32.3 Å². The van der Waals surface area contributed by atoms with Gasteiger partial charge in [0.05, 0.1) is 0 Å². The van der Waals surface area contributed by atoms with Crippen LogP contribution in [0.3, 0.4) is 0 Å². The zero-order chi connectivity index (χ0) is 12.4. The summed E-state index contributed by atoms with van der Waals surface area (Å²) in [7, 11) is 0. The molecule has 0 atom stereocenters. The summed E-state index contributed by atoms with van der Waals surface area (Å²) in [6, 6.07) is 6.79. The van der Waals surface area contributed by atoms with Crippen molar-refractivity contribution in [2.24, 2.45) is 0 Å². The van der Waals surface area contributed by atoms with Gasteiger partial charge in [-0.2, -0.15) is 0 Å². The van der Waals surface area contributed by atoms with E-state index in [9.17, 15) is 4.79 Å². The summed E-state index contributed by atoms with van der Waals surface area (Å²) >= 11 is 0. The van der Waals surface area contributed by atoms with Crippen LogP contribution in [0.25, 0.3) is 0 Å². The first-order valence-corrected chi connectivity index (χ1v) is 6.26. The van der Waals surface area contributed by atoms with Gasteiger partial charge in [0.25, 0.3) is 0 Å². The van der Waals surface area contributed by atoms with E-state index < -0.39 is 0 Å². The molecule has 0 saturated heterocycles. The van der Waals surface area contributed by atoms with Gasteiger partial charge < -0.3 is 5.32 Å². The van der Waals surface area contributed by atoms with Crippen molar-refractivity contribution < 1.29 is 4.79 Å². The molecule has 1 aromatic carbocycles. The average molecular weight is 232 g/mol. The van der Waals surface area contributed by atoms with Crippen LogP contribution in [0.15, 0.2) is 18.2 Å². The molecule has 0 saturated carbocycles. The minimum absolute atomic E-state index is 0.0728. The van der Waals surface area contributed by atoms with Crippen LogP contribution < -0.4 is 5.32 Å². The number of rotatable bonds is 3. The van der Waals surface area contributed by atoms with E-state index in [-0.39, 0.29) is 5.91 Å². The maximum atomic E-state index is 11.3. The second kappa shape index (κ2) is 4.88. The number of benzene rings is 1. The molecule has 0 aromatic heterocycles. The Bertz CT molecular complexity index is 426. The van der Waals surface area contributed by atoms with Gasteiger partial charge in [-0.3, -0.25) is 9.69 Å². The lowest BCUT2D eigenvalue weighted by Gasteiger charge is -2.18. The number of amides is 1. The van der Waals surface area contributed by atoms with E-state index >= 15 is 0 Å².